The Labute approximate surface area is 79.1 Å². The molecule has 62 valence electrons. The quantitative estimate of drug-likeness (QED) is 0.648. The van der Waals surface area contributed by atoms with Crippen molar-refractivity contribution in [3.63, 3.8) is 0 Å². The van der Waals surface area contributed by atoms with Crippen LogP contribution in [0.15, 0.2) is 9.47 Å². The van der Waals surface area contributed by atoms with Gasteiger partial charge < -0.3 is 0 Å². The van der Waals surface area contributed by atoms with Crippen molar-refractivity contribution in [3.8, 4) is 11.8 Å². The number of hydrogen-bond donors (Lipinski definition) is 0. The minimum absolute atomic E-state index is 0.0603. The van der Waals surface area contributed by atoms with E-state index >= 15 is 0 Å². The highest BCUT2D eigenvalue weighted by molar-refractivity contribution is 9.14. The average Bonchev–Trinajstić information content (AvgIpc) is 1.85. The molecule has 0 saturated carbocycles. The minimum Gasteiger partial charge on any atom is -0.159 e. The van der Waals surface area contributed by atoms with E-state index in [-0.39, 0.29) is 6.42 Å². The Kier molecular flexibility index (Phi) is 4.86. The molecule has 0 nitrogen and oxygen atoms in total. The van der Waals surface area contributed by atoms with Crippen LogP contribution in [0.5, 0.6) is 0 Å². The van der Waals surface area contributed by atoms with E-state index in [0.717, 1.165) is 5.92 Å². The molecular weight excluding hydrogens is 289 g/mol. The first-order valence-electron chi connectivity index (χ1n) is 2.47. The largest absolute Gasteiger partial charge is 0.457 e. The maximum atomic E-state index is 11.4. The second kappa shape index (κ2) is 4.83. The van der Waals surface area contributed by atoms with E-state index in [1.165, 1.54) is 4.99 Å². The van der Waals surface area contributed by atoms with Crippen molar-refractivity contribution >= 4 is 31.9 Å². The smallest absolute Gasteiger partial charge is 0.159 e. The Hall–Kier alpha value is 0.0500. The Bertz CT molecular complexity index is 206. The van der Waals surface area contributed by atoms with Crippen LogP contribution >= 0.6 is 31.9 Å². The van der Waals surface area contributed by atoms with Crippen molar-refractivity contribution in [3.05, 3.63) is 9.47 Å². The molecular formula is C6H3Br2F3. The van der Waals surface area contributed by atoms with E-state index in [2.05, 4.69) is 31.9 Å². The molecule has 0 unspecified atom stereocenters. The van der Waals surface area contributed by atoms with Crippen LogP contribution in [-0.2, 0) is 0 Å². The number of rotatable bonds is 1. The molecule has 0 rings (SSSR count). The van der Waals surface area contributed by atoms with Gasteiger partial charge in [-0.1, -0.05) is 37.8 Å². The molecule has 0 aliphatic rings. The molecule has 0 spiro atoms. The highest BCUT2D eigenvalue weighted by Crippen LogP contribution is 2.14. The Morgan fingerprint density at radius 2 is 2.00 bits per heavy atom. The summed E-state index contributed by atoms with van der Waals surface area (Å²) >= 11 is 5.93. The summed E-state index contributed by atoms with van der Waals surface area (Å²) < 4.78 is 34.7. The predicted octanol–water partition coefficient (Wildman–Crippen LogP) is 3.57. The Balaban J connectivity index is 3.93. The van der Waals surface area contributed by atoms with Gasteiger partial charge in [0, 0.05) is 16.8 Å². The molecule has 0 radical (unpaired) electrons. The average molecular weight is 292 g/mol. The van der Waals surface area contributed by atoms with Crippen LogP contribution in [0.3, 0.4) is 0 Å². The first-order valence-corrected chi connectivity index (χ1v) is 4.18. The van der Waals surface area contributed by atoms with Gasteiger partial charge in [-0.2, -0.15) is 13.2 Å². The van der Waals surface area contributed by atoms with E-state index < -0.39 is 6.18 Å². The molecule has 0 aliphatic heterocycles. The zero-order valence-electron chi connectivity index (χ0n) is 5.17. The molecule has 5 heteroatoms. The molecule has 0 N–H and O–H groups in total. The van der Waals surface area contributed by atoms with E-state index in [1.54, 1.807) is 0 Å². The monoisotopic (exact) mass is 290 g/mol. The predicted molar refractivity (Wildman–Crippen MR) is 44.4 cm³/mol. The van der Waals surface area contributed by atoms with Crippen LogP contribution < -0.4 is 0 Å². The topological polar surface area (TPSA) is 0 Å². The second-order valence-corrected chi connectivity index (χ2v) is 3.01. The molecule has 0 fully saturated rings. The van der Waals surface area contributed by atoms with E-state index in [9.17, 15) is 13.2 Å². The molecule has 0 aliphatic carbocycles. The first-order chi connectivity index (χ1) is 4.95. The van der Waals surface area contributed by atoms with Crippen molar-refractivity contribution in [2.45, 2.75) is 12.6 Å². The van der Waals surface area contributed by atoms with Crippen molar-refractivity contribution in [2.75, 3.05) is 0 Å². The summed E-state index contributed by atoms with van der Waals surface area (Å²) in [7, 11) is 0. The zero-order valence-corrected chi connectivity index (χ0v) is 8.35. The van der Waals surface area contributed by atoms with Gasteiger partial charge in [-0.05, 0) is 4.99 Å². The van der Waals surface area contributed by atoms with E-state index in [0.29, 0.717) is 4.48 Å². The van der Waals surface area contributed by atoms with Crippen LogP contribution in [-0.4, -0.2) is 6.18 Å². The lowest BCUT2D eigenvalue weighted by Crippen LogP contribution is -2.01. The van der Waals surface area contributed by atoms with Gasteiger partial charge in [-0.25, -0.2) is 0 Å². The molecule has 0 saturated heterocycles. The fourth-order valence-electron chi connectivity index (χ4n) is 0.267. The molecule has 11 heavy (non-hydrogen) atoms. The summed E-state index contributed by atoms with van der Waals surface area (Å²) in [6, 6.07) is 0. The lowest BCUT2D eigenvalue weighted by Gasteiger charge is -1.91. The maximum Gasteiger partial charge on any atom is 0.457 e. The summed E-state index contributed by atoms with van der Waals surface area (Å²) in [5.41, 5.74) is 0. The minimum atomic E-state index is -4.39. The van der Waals surface area contributed by atoms with Crippen LogP contribution in [0, 0.1) is 11.8 Å². The van der Waals surface area contributed by atoms with E-state index in [1.807, 2.05) is 5.92 Å². The van der Waals surface area contributed by atoms with Gasteiger partial charge in [-0.3, -0.25) is 0 Å². The van der Waals surface area contributed by atoms with Crippen molar-refractivity contribution in [1.82, 2.24) is 0 Å². The first kappa shape index (κ1) is 11.1. The summed E-state index contributed by atoms with van der Waals surface area (Å²) in [5.74, 6) is 3.10. The van der Waals surface area contributed by atoms with Crippen LogP contribution in [0.25, 0.3) is 0 Å². The molecule has 0 aromatic carbocycles. The van der Waals surface area contributed by atoms with Gasteiger partial charge in [0.2, 0.25) is 0 Å². The van der Waals surface area contributed by atoms with Crippen molar-refractivity contribution in [1.29, 1.82) is 0 Å². The molecule has 0 aromatic heterocycles. The number of allylic oxidation sites excluding steroid dienone is 1. The maximum absolute atomic E-state index is 11.4. The lowest BCUT2D eigenvalue weighted by molar-refractivity contribution is -0.0697. The molecule has 0 aromatic rings. The van der Waals surface area contributed by atoms with E-state index in [4.69, 9.17) is 0 Å². The normalized spacial score (nSPS) is 12.3. The fraction of sp³-hybridized carbons (Fsp3) is 0.333. The van der Waals surface area contributed by atoms with Gasteiger partial charge in [0.25, 0.3) is 0 Å². The Morgan fingerprint density at radius 3 is 2.36 bits per heavy atom. The molecule has 0 atom stereocenters. The highest BCUT2D eigenvalue weighted by Gasteiger charge is 2.22. The third kappa shape index (κ3) is 7.95. The van der Waals surface area contributed by atoms with Gasteiger partial charge in [0.1, 0.15) is 0 Å². The highest BCUT2D eigenvalue weighted by atomic mass is 79.9. The van der Waals surface area contributed by atoms with Crippen molar-refractivity contribution in [2.24, 2.45) is 0 Å². The van der Waals surface area contributed by atoms with Gasteiger partial charge >= 0.3 is 6.18 Å². The summed E-state index contributed by atoms with van der Waals surface area (Å²) in [5, 5.41) is 0. The summed E-state index contributed by atoms with van der Waals surface area (Å²) in [4.78, 5) is 1.47. The number of hydrogen-bond acceptors (Lipinski definition) is 0. The summed E-state index contributed by atoms with van der Waals surface area (Å²) in [6.07, 6.45) is -4.33. The number of alkyl halides is 3. The van der Waals surface area contributed by atoms with Gasteiger partial charge in [-0.15, -0.1) is 0 Å². The summed E-state index contributed by atoms with van der Waals surface area (Å²) in [6.45, 7) is 0. The Morgan fingerprint density at radius 1 is 1.45 bits per heavy atom. The van der Waals surface area contributed by atoms with Crippen LogP contribution in [0.4, 0.5) is 13.2 Å². The van der Waals surface area contributed by atoms with Crippen molar-refractivity contribution < 1.29 is 13.2 Å². The molecule has 0 heterocycles. The molecule has 0 bridgehead atoms. The third-order valence-electron chi connectivity index (χ3n) is 0.606. The molecule has 0 amide bonds. The number of halogens is 5. The lowest BCUT2D eigenvalue weighted by atomic mass is 10.4. The van der Waals surface area contributed by atoms with Gasteiger partial charge in [0.05, 0.1) is 0 Å². The standard InChI is InChI=1S/C6H3Br2F3/c7-4-5(8)2-1-3-6(9,10)11/h4H,2H2/b5-4-. The van der Waals surface area contributed by atoms with Crippen LogP contribution in [0.2, 0.25) is 0 Å². The zero-order chi connectivity index (χ0) is 8.91. The second-order valence-electron chi connectivity index (χ2n) is 1.53. The SMILES string of the molecule is FC(F)(F)C#CC/C(Br)=C/Br. The fourth-order valence-corrected chi connectivity index (χ4v) is 0.569. The van der Waals surface area contributed by atoms with Crippen LogP contribution in [0.1, 0.15) is 6.42 Å². The van der Waals surface area contributed by atoms with Gasteiger partial charge in [0.15, 0.2) is 0 Å². The third-order valence-corrected chi connectivity index (χ3v) is 2.28.